The Morgan fingerprint density at radius 1 is 0.840 bits per heavy atom. The van der Waals surface area contributed by atoms with Crippen LogP contribution in [-0.4, -0.2) is 19.2 Å². The summed E-state index contributed by atoms with van der Waals surface area (Å²) in [6.45, 7) is 0. The molecular formula is C19H14N4OS. The predicted molar refractivity (Wildman–Crippen MR) is 98.2 cm³/mol. The maximum atomic E-state index is 13.0. The number of benzene rings is 2. The Hall–Kier alpha value is -3.12. The molecule has 4 aromatic rings. The van der Waals surface area contributed by atoms with E-state index in [1.165, 1.54) is 6.33 Å². The van der Waals surface area contributed by atoms with Crippen LogP contribution in [0.5, 0.6) is 0 Å². The first kappa shape index (κ1) is 15.4. The average molecular weight is 346 g/mol. The van der Waals surface area contributed by atoms with Gasteiger partial charge in [0.1, 0.15) is 6.33 Å². The summed E-state index contributed by atoms with van der Waals surface area (Å²) in [5.74, 6) is 0. The zero-order chi connectivity index (χ0) is 17.1. The van der Waals surface area contributed by atoms with E-state index < -0.39 is 10.8 Å². The van der Waals surface area contributed by atoms with E-state index in [9.17, 15) is 4.21 Å². The number of aromatic nitrogens is 3. The molecule has 4 rings (SSSR count). The fourth-order valence-electron chi connectivity index (χ4n) is 2.54. The summed E-state index contributed by atoms with van der Waals surface area (Å²) in [6.07, 6.45) is 4.88. The second kappa shape index (κ2) is 6.78. The van der Waals surface area contributed by atoms with Crippen molar-refractivity contribution in [2.75, 3.05) is 5.32 Å². The van der Waals surface area contributed by atoms with E-state index in [1.807, 2.05) is 60.7 Å². The second-order valence-corrected chi connectivity index (χ2v) is 6.77. The van der Waals surface area contributed by atoms with Crippen LogP contribution in [0.15, 0.2) is 89.2 Å². The van der Waals surface area contributed by atoms with Gasteiger partial charge in [0.25, 0.3) is 0 Å². The summed E-state index contributed by atoms with van der Waals surface area (Å²) in [4.78, 5) is 14.0. The lowest BCUT2D eigenvalue weighted by molar-refractivity contribution is 0.683. The number of pyridine rings is 1. The highest BCUT2D eigenvalue weighted by Crippen LogP contribution is 2.29. The molecule has 0 saturated heterocycles. The molecule has 0 saturated carbocycles. The van der Waals surface area contributed by atoms with E-state index in [4.69, 9.17) is 0 Å². The summed E-state index contributed by atoms with van der Waals surface area (Å²) in [7, 11) is -1.28. The molecule has 122 valence electrons. The van der Waals surface area contributed by atoms with Crippen LogP contribution in [0.4, 0.5) is 11.4 Å². The van der Waals surface area contributed by atoms with Crippen molar-refractivity contribution >= 4 is 33.2 Å². The number of rotatable bonds is 4. The first-order chi connectivity index (χ1) is 12.3. The minimum absolute atomic E-state index is 0.613. The first-order valence-corrected chi connectivity index (χ1v) is 8.85. The van der Waals surface area contributed by atoms with Gasteiger partial charge in [0, 0.05) is 17.3 Å². The maximum Gasteiger partial charge on any atom is 0.164 e. The fraction of sp³-hybridized carbons (Fsp3) is 0. The number of hydrogen-bond acceptors (Lipinski definition) is 5. The Morgan fingerprint density at radius 3 is 2.52 bits per heavy atom. The van der Waals surface area contributed by atoms with Crippen LogP contribution in [0.2, 0.25) is 0 Å². The minimum atomic E-state index is -1.28. The summed E-state index contributed by atoms with van der Waals surface area (Å²) in [5.41, 5.74) is 2.21. The highest BCUT2D eigenvalue weighted by atomic mass is 32.2. The summed E-state index contributed by atoms with van der Waals surface area (Å²) in [6, 6.07) is 18.8. The Labute approximate surface area is 147 Å². The zero-order valence-corrected chi connectivity index (χ0v) is 14.0. The van der Waals surface area contributed by atoms with Gasteiger partial charge < -0.3 is 5.32 Å². The molecule has 0 aliphatic heterocycles. The van der Waals surface area contributed by atoms with Crippen molar-refractivity contribution in [3.05, 3.63) is 79.4 Å². The standard InChI is InChI=1S/C19H14N4OS/c24-25(14-6-2-1-3-7-14)18-9-5-4-8-17(18)23-16-10-11-21-19-15(16)12-20-13-22-19/h1-13H,(H,20,21,22,23). The van der Waals surface area contributed by atoms with E-state index in [2.05, 4.69) is 20.3 Å². The van der Waals surface area contributed by atoms with Gasteiger partial charge in [-0.1, -0.05) is 30.3 Å². The predicted octanol–water partition coefficient (Wildman–Crippen LogP) is 3.94. The molecule has 1 N–H and O–H groups in total. The van der Waals surface area contributed by atoms with Crippen molar-refractivity contribution in [3.8, 4) is 0 Å². The third-order valence-corrected chi connectivity index (χ3v) is 5.19. The van der Waals surface area contributed by atoms with Crippen LogP contribution in [0.3, 0.4) is 0 Å². The van der Waals surface area contributed by atoms with E-state index >= 15 is 0 Å². The molecule has 0 amide bonds. The lowest BCUT2D eigenvalue weighted by Crippen LogP contribution is -2.00. The average Bonchev–Trinajstić information content (AvgIpc) is 2.69. The van der Waals surface area contributed by atoms with Gasteiger partial charge in [0.2, 0.25) is 0 Å². The van der Waals surface area contributed by atoms with Crippen LogP contribution in [0.1, 0.15) is 0 Å². The lowest BCUT2D eigenvalue weighted by atomic mass is 10.2. The van der Waals surface area contributed by atoms with Gasteiger partial charge >= 0.3 is 0 Å². The summed E-state index contributed by atoms with van der Waals surface area (Å²) < 4.78 is 13.0. The Bertz CT molecular complexity index is 1050. The number of nitrogens with zero attached hydrogens (tertiary/aromatic N) is 3. The molecule has 0 aliphatic carbocycles. The third kappa shape index (κ3) is 3.12. The fourth-order valence-corrected chi connectivity index (χ4v) is 3.72. The molecule has 5 nitrogen and oxygen atoms in total. The van der Waals surface area contributed by atoms with Crippen molar-refractivity contribution < 1.29 is 4.21 Å². The van der Waals surface area contributed by atoms with Crippen LogP contribution < -0.4 is 5.32 Å². The number of nitrogens with one attached hydrogen (secondary N) is 1. The number of fused-ring (bicyclic) bond motifs is 1. The molecule has 2 heterocycles. The largest absolute Gasteiger partial charge is 0.354 e. The molecule has 1 unspecified atom stereocenters. The molecular weight excluding hydrogens is 332 g/mol. The van der Waals surface area contributed by atoms with Gasteiger partial charge in [-0.3, -0.25) is 0 Å². The third-order valence-electron chi connectivity index (χ3n) is 3.73. The maximum absolute atomic E-state index is 13.0. The van der Waals surface area contributed by atoms with Crippen molar-refractivity contribution in [1.82, 2.24) is 15.0 Å². The Kier molecular flexibility index (Phi) is 4.18. The number of hydrogen-bond donors (Lipinski definition) is 1. The van der Waals surface area contributed by atoms with Gasteiger partial charge in [-0.15, -0.1) is 0 Å². The van der Waals surface area contributed by atoms with Gasteiger partial charge in [-0.2, -0.15) is 0 Å². The molecule has 0 spiro atoms. The molecule has 2 aromatic heterocycles. The van der Waals surface area contributed by atoms with Crippen molar-refractivity contribution in [2.45, 2.75) is 9.79 Å². The monoisotopic (exact) mass is 346 g/mol. The SMILES string of the molecule is O=S(c1ccccc1)c1ccccc1Nc1ccnc2ncncc12. The molecule has 0 fully saturated rings. The smallest absolute Gasteiger partial charge is 0.164 e. The summed E-state index contributed by atoms with van der Waals surface area (Å²) in [5, 5.41) is 4.16. The van der Waals surface area contributed by atoms with Crippen LogP contribution in [-0.2, 0) is 10.8 Å². The number of para-hydroxylation sites is 1. The van der Waals surface area contributed by atoms with Gasteiger partial charge in [0.05, 0.1) is 32.5 Å². The number of anilines is 2. The molecule has 2 aromatic carbocycles. The molecule has 0 bridgehead atoms. The highest BCUT2D eigenvalue weighted by Gasteiger charge is 2.13. The Balaban J connectivity index is 1.76. The van der Waals surface area contributed by atoms with E-state index in [0.717, 1.165) is 26.6 Å². The van der Waals surface area contributed by atoms with Crippen molar-refractivity contribution in [2.24, 2.45) is 0 Å². The molecule has 1 atom stereocenters. The highest BCUT2D eigenvalue weighted by molar-refractivity contribution is 7.85. The Morgan fingerprint density at radius 2 is 1.64 bits per heavy atom. The van der Waals surface area contributed by atoms with Crippen molar-refractivity contribution in [1.29, 1.82) is 0 Å². The van der Waals surface area contributed by atoms with Gasteiger partial charge in [-0.05, 0) is 30.3 Å². The normalized spacial score (nSPS) is 12.0. The molecule has 0 radical (unpaired) electrons. The molecule has 6 heteroatoms. The minimum Gasteiger partial charge on any atom is -0.354 e. The van der Waals surface area contributed by atoms with Crippen molar-refractivity contribution in [3.63, 3.8) is 0 Å². The quantitative estimate of drug-likeness (QED) is 0.606. The van der Waals surface area contributed by atoms with Gasteiger partial charge in [-0.25, -0.2) is 19.2 Å². The van der Waals surface area contributed by atoms with Gasteiger partial charge in [0.15, 0.2) is 5.65 Å². The second-order valence-electron chi connectivity index (χ2n) is 5.32. The van der Waals surface area contributed by atoms with E-state index in [-0.39, 0.29) is 0 Å². The zero-order valence-electron chi connectivity index (χ0n) is 13.2. The lowest BCUT2D eigenvalue weighted by Gasteiger charge is -2.13. The molecule has 0 aliphatic rings. The van der Waals surface area contributed by atoms with E-state index in [0.29, 0.717) is 5.65 Å². The summed E-state index contributed by atoms with van der Waals surface area (Å²) >= 11 is 0. The molecule has 25 heavy (non-hydrogen) atoms. The topological polar surface area (TPSA) is 67.8 Å². The first-order valence-electron chi connectivity index (χ1n) is 7.70. The van der Waals surface area contributed by atoms with Crippen LogP contribution in [0.25, 0.3) is 11.0 Å². The van der Waals surface area contributed by atoms with E-state index in [1.54, 1.807) is 12.4 Å². The van der Waals surface area contributed by atoms with Crippen LogP contribution in [0, 0.1) is 0 Å². The van der Waals surface area contributed by atoms with Crippen LogP contribution >= 0.6 is 0 Å².